The van der Waals surface area contributed by atoms with Crippen molar-refractivity contribution in [2.75, 3.05) is 0 Å². The molecule has 0 heterocycles. The molecule has 0 amide bonds. The van der Waals surface area contributed by atoms with Gasteiger partial charge in [-0.25, -0.2) is 0 Å². The van der Waals surface area contributed by atoms with E-state index in [9.17, 15) is 0 Å². The monoisotopic (exact) mass is 233 g/mol. The van der Waals surface area contributed by atoms with Gasteiger partial charge in [0.15, 0.2) is 0 Å². The van der Waals surface area contributed by atoms with Crippen molar-refractivity contribution in [3.8, 4) is 0 Å². The molecule has 0 nitrogen and oxygen atoms in total. The summed E-state index contributed by atoms with van der Waals surface area (Å²) in [6.45, 7) is 11.9. The Morgan fingerprint density at radius 1 is 0.900 bits per heavy atom. The van der Waals surface area contributed by atoms with Gasteiger partial charge in [-0.15, -0.1) is 0 Å². The number of rotatable bonds is 3. The van der Waals surface area contributed by atoms with Crippen molar-refractivity contribution in [2.24, 2.45) is 0 Å². The van der Waals surface area contributed by atoms with Gasteiger partial charge in [0, 0.05) is 41.5 Å². The van der Waals surface area contributed by atoms with Gasteiger partial charge in [0.2, 0.25) is 0 Å². The summed E-state index contributed by atoms with van der Waals surface area (Å²) in [5.41, 5.74) is 0. The van der Waals surface area contributed by atoms with Crippen LogP contribution in [0.3, 0.4) is 0 Å². The first kappa shape index (κ1) is 17.4. The third-order valence-corrected chi connectivity index (χ3v) is 4.50. The molecule has 0 atom stereocenters. The fraction of sp³-hybridized carbons (Fsp3) is 0.875. The molecule has 0 aliphatic heterocycles. The van der Waals surface area contributed by atoms with Crippen LogP contribution in [0, 0.1) is 6.92 Å². The van der Waals surface area contributed by atoms with E-state index in [2.05, 4.69) is 27.7 Å². The average Bonchev–Trinajstić information content (AvgIpc) is 1.96. The second-order valence-electron chi connectivity index (χ2n) is 1.81. The van der Waals surface area contributed by atoms with E-state index in [4.69, 9.17) is 0 Å². The molecule has 2 radical (unpaired) electrons. The first-order chi connectivity index (χ1) is 4.35. The minimum absolute atomic E-state index is 0. The van der Waals surface area contributed by atoms with Gasteiger partial charge in [-0.3, -0.25) is 0 Å². The van der Waals surface area contributed by atoms with Crippen molar-refractivity contribution in [3.05, 3.63) is 6.92 Å². The first-order valence-corrected chi connectivity index (χ1v) is 6.01. The Hall–Kier alpha value is 1.32. The molecular weight excluding hydrogens is 213 g/mol. The van der Waals surface area contributed by atoms with Gasteiger partial charge in [0.25, 0.3) is 0 Å². The third kappa shape index (κ3) is 12.0. The van der Waals surface area contributed by atoms with Gasteiger partial charge in [-0.05, 0) is 0 Å². The van der Waals surface area contributed by atoms with Crippen LogP contribution >= 0.6 is 0 Å². The molecule has 0 saturated carbocycles. The summed E-state index contributed by atoms with van der Waals surface area (Å²) in [4.78, 5) is 0. The zero-order valence-corrected chi connectivity index (χ0v) is 11.7. The summed E-state index contributed by atoms with van der Waals surface area (Å²) in [6.07, 6.45) is 0. The molecule has 0 rings (SSSR count). The number of hydrogen-bond acceptors (Lipinski definition) is 0. The van der Waals surface area contributed by atoms with Gasteiger partial charge < -0.3 is 6.92 Å². The van der Waals surface area contributed by atoms with Crippen LogP contribution in [-0.4, -0.2) is 8.80 Å². The van der Waals surface area contributed by atoms with Crippen LogP contribution in [0.1, 0.15) is 27.7 Å². The summed E-state index contributed by atoms with van der Waals surface area (Å²) in [5, 5.41) is 0. The summed E-state index contributed by atoms with van der Waals surface area (Å²) in [7, 11) is 0.137. The quantitative estimate of drug-likeness (QED) is 0.518. The molecule has 2 heteroatoms. The van der Waals surface area contributed by atoms with Gasteiger partial charge in [0.05, 0.1) is 0 Å². The van der Waals surface area contributed by atoms with Crippen molar-refractivity contribution in [1.82, 2.24) is 0 Å². The van der Waals surface area contributed by atoms with Gasteiger partial charge >= 0.3 is 0 Å². The van der Waals surface area contributed by atoms with Crippen LogP contribution < -0.4 is 0 Å². The molecule has 60 valence electrons. The molecule has 0 aliphatic carbocycles. The molecule has 0 saturated heterocycles. The minimum Gasteiger partial charge on any atom is -0.346 e. The van der Waals surface area contributed by atoms with Crippen LogP contribution in [0.4, 0.5) is 0 Å². The third-order valence-electron chi connectivity index (χ3n) is 1.50. The van der Waals surface area contributed by atoms with Crippen LogP contribution in [0.5, 0.6) is 0 Å². The topological polar surface area (TPSA) is 0 Å². The zero-order valence-electron chi connectivity index (χ0n) is 7.91. The van der Waals surface area contributed by atoms with E-state index in [-0.39, 0.29) is 41.5 Å². The second kappa shape index (κ2) is 16.7. The molecule has 0 N–H and O–H groups in total. The van der Waals surface area contributed by atoms with Crippen LogP contribution in [0.15, 0.2) is 0 Å². The van der Waals surface area contributed by atoms with Crippen molar-refractivity contribution >= 4 is 8.80 Å². The molecule has 0 fully saturated rings. The Bertz CT molecular complexity index is 30.7. The van der Waals surface area contributed by atoms with E-state index in [0.717, 1.165) is 0 Å². The Morgan fingerprint density at radius 3 is 1.10 bits per heavy atom. The zero-order chi connectivity index (χ0) is 7.70. The van der Waals surface area contributed by atoms with Crippen molar-refractivity contribution in [1.29, 1.82) is 0 Å². The molecular formula is C8H20SiY-. The van der Waals surface area contributed by atoms with Crippen molar-refractivity contribution in [2.45, 2.75) is 45.8 Å². The Labute approximate surface area is 93.7 Å². The SMILES string of the molecule is CC[Si](CC)CC.[CH2-]C.[Y]. The fourth-order valence-electron chi connectivity index (χ4n) is 0.750. The standard InChI is InChI=1S/C6H15Si.C2H5.Y/c1-4-7(5-2)6-3;1-2;/h4-6H2,1-3H3;1H2,2H3;/q;-1;. The van der Waals surface area contributed by atoms with E-state index in [1.165, 1.54) is 18.1 Å². The van der Waals surface area contributed by atoms with Crippen molar-refractivity contribution < 1.29 is 32.7 Å². The molecule has 0 unspecified atom stereocenters. The molecule has 0 spiro atoms. The Balaban J connectivity index is -0.000000149. The summed E-state index contributed by atoms with van der Waals surface area (Å²) < 4.78 is 0. The second-order valence-corrected chi connectivity index (χ2v) is 5.43. The first-order valence-electron chi connectivity index (χ1n) is 3.89. The predicted octanol–water partition coefficient (Wildman–Crippen LogP) is 3.38. The molecule has 10 heavy (non-hydrogen) atoms. The van der Waals surface area contributed by atoms with E-state index in [1.54, 1.807) is 6.92 Å². The minimum atomic E-state index is 0. The molecule has 0 bridgehead atoms. The summed E-state index contributed by atoms with van der Waals surface area (Å²) in [6, 6.07) is 4.37. The smallest absolute Gasteiger partial charge is 0.0470 e. The maximum Gasteiger partial charge on any atom is 0.0470 e. The van der Waals surface area contributed by atoms with E-state index in [1.807, 2.05) is 0 Å². The largest absolute Gasteiger partial charge is 0.346 e. The maximum absolute atomic E-state index is 3.25. The predicted molar refractivity (Wildman–Crippen MR) is 48.2 cm³/mol. The Kier molecular flexibility index (Phi) is 29.1. The van der Waals surface area contributed by atoms with E-state index in [0.29, 0.717) is 0 Å². The van der Waals surface area contributed by atoms with E-state index >= 15 is 0 Å². The Morgan fingerprint density at radius 2 is 1.10 bits per heavy atom. The van der Waals surface area contributed by atoms with Gasteiger partial charge in [-0.1, -0.05) is 38.9 Å². The molecule has 0 aromatic rings. The number of hydrogen-bond donors (Lipinski definition) is 0. The molecule has 0 aliphatic rings. The average molecular weight is 233 g/mol. The molecule has 0 aromatic heterocycles. The van der Waals surface area contributed by atoms with Gasteiger partial charge in [-0.2, -0.15) is 6.92 Å². The van der Waals surface area contributed by atoms with Crippen LogP contribution in [-0.2, 0) is 32.7 Å². The summed E-state index contributed by atoms with van der Waals surface area (Å²) >= 11 is 0. The normalized spacial score (nSPS) is 7.80. The molecule has 0 aromatic carbocycles. The fourth-order valence-corrected chi connectivity index (χ4v) is 2.25. The van der Waals surface area contributed by atoms with E-state index < -0.39 is 0 Å². The van der Waals surface area contributed by atoms with Gasteiger partial charge in [0.1, 0.15) is 0 Å². The van der Waals surface area contributed by atoms with Crippen molar-refractivity contribution in [3.63, 3.8) is 0 Å². The summed E-state index contributed by atoms with van der Waals surface area (Å²) in [5.74, 6) is 0. The maximum atomic E-state index is 3.25. The van der Waals surface area contributed by atoms with Crippen LogP contribution in [0.25, 0.3) is 0 Å². The van der Waals surface area contributed by atoms with Crippen LogP contribution in [0.2, 0.25) is 18.1 Å².